The molecule has 1 aliphatic heterocycles. The van der Waals surface area contributed by atoms with Crippen molar-refractivity contribution in [1.29, 1.82) is 0 Å². The molecule has 0 aromatic heterocycles. The molecule has 3 N–H and O–H groups in total. The number of primary amides is 1. The summed E-state index contributed by atoms with van der Waals surface area (Å²) in [7, 11) is 0. The molecule has 4 aliphatic rings. The summed E-state index contributed by atoms with van der Waals surface area (Å²) in [4.78, 5) is 23.6. The summed E-state index contributed by atoms with van der Waals surface area (Å²) in [6, 6.07) is 0.277. The number of hydrogen-bond acceptors (Lipinski definition) is 2. The molecular formula is C19H28N2O2. The molecule has 4 heteroatoms. The van der Waals surface area contributed by atoms with Crippen LogP contribution in [0.2, 0.25) is 0 Å². The van der Waals surface area contributed by atoms with Crippen LogP contribution in [0.25, 0.3) is 0 Å². The fraction of sp³-hybridized carbons (Fsp3) is 0.789. The highest BCUT2D eigenvalue weighted by Crippen LogP contribution is 2.64. The van der Waals surface area contributed by atoms with E-state index in [9.17, 15) is 9.59 Å². The van der Waals surface area contributed by atoms with Crippen LogP contribution in [-0.2, 0) is 9.59 Å². The molecule has 23 heavy (non-hydrogen) atoms. The summed E-state index contributed by atoms with van der Waals surface area (Å²) >= 11 is 0. The molecule has 0 bridgehead atoms. The summed E-state index contributed by atoms with van der Waals surface area (Å²) in [6.07, 6.45) is 10.5. The second kappa shape index (κ2) is 4.84. The maximum absolute atomic E-state index is 11.9. The van der Waals surface area contributed by atoms with Gasteiger partial charge in [0, 0.05) is 17.4 Å². The van der Waals surface area contributed by atoms with E-state index in [2.05, 4.69) is 25.2 Å². The van der Waals surface area contributed by atoms with Crippen molar-refractivity contribution in [3.8, 4) is 0 Å². The van der Waals surface area contributed by atoms with Crippen LogP contribution in [-0.4, -0.2) is 17.9 Å². The van der Waals surface area contributed by atoms with E-state index in [-0.39, 0.29) is 34.6 Å². The zero-order chi connectivity index (χ0) is 16.4. The van der Waals surface area contributed by atoms with E-state index in [1.807, 2.05) is 0 Å². The topological polar surface area (TPSA) is 72.2 Å². The maximum atomic E-state index is 11.9. The third-order valence-electron chi connectivity index (χ3n) is 8.03. The molecule has 3 fully saturated rings. The van der Waals surface area contributed by atoms with Gasteiger partial charge in [0.1, 0.15) is 0 Å². The van der Waals surface area contributed by atoms with Crippen molar-refractivity contribution in [2.45, 2.75) is 58.4 Å². The van der Waals surface area contributed by atoms with E-state index in [1.54, 1.807) is 6.08 Å². The van der Waals surface area contributed by atoms with Gasteiger partial charge in [-0.05, 0) is 67.8 Å². The Balaban J connectivity index is 1.66. The molecule has 0 radical (unpaired) electrons. The van der Waals surface area contributed by atoms with Crippen LogP contribution in [0.15, 0.2) is 12.2 Å². The van der Waals surface area contributed by atoms with Crippen molar-refractivity contribution >= 4 is 11.8 Å². The van der Waals surface area contributed by atoms with Crippen molar-refractivity contribution in [1.82, 2.24) is 5.32 Å². The third-order valence-corrected chi connectivity index (χ3v) is 8.03. The Morgan fingerprint density at radius 3 is 2.70 bits per heavy atom. The van der Waals surface area contributed by atoms with Crippen molar-refractivity contribution in [2.24, 2.45) is 40.2 Å². The van der Waals surface area contributed by atoms with E-state index in [4.69, 9.17) is 5.73 Å². The molecule has 4 rings (SSSR count). The first-order chi connectivity index (χ1) is 10.9. The first kappa shape index (κ1) is 15.2. The predicted octanol–water partition coefficient (Wildman–Crippen LogP) is 2.39. The molecule has 0 spiro atoms. The second-order valence-corrected chi connectivity index (χ2v) is 8.79. The van der Waals surface area contributed by atoms with Crippen molar-refractivity contribution in [3.63, 3.8) is 0 Å². The van der Waals surface area contributed by atoms with Gasteiger partial charge in [0.05, 0.1) is 0 Å². The van der Waals surface area contributed by atoms with Crippen LogP contribution >= 0.6 is 0 Å². The highest BCUT2D eigenvalue weighted by atomic mass is 16.2. The number of amides is 2. The predicted molar refractivity (Wildman–Crippen MR) is 88.1 cm³/mol. The van der Waals surface area contributed by atoms with Crippen LogP contribution in [0.4, 0.5) is 0 Å². The number of nitrogens with one attached hydrogen (secondary N) is 1. The Morgan fingerprint density at radius 1 is 1.17 bits per heavy atom. The third kappa shape index (κ3) is 1.96. The molecular weight excluding hydrogens is 288 g/mol. The van der Waals surface area contributed by atoms with Crippen LogP contribution in [0.1, 0.15) is 52.4 Å². The lowest BCUT2D eigenvalue weighted by Gasteiger charge is -2.58. The van der Waals surface area contributed by atoms with Crippen LogP contribution in [0.5, 0.6) is 0 Å². The molecule has 0 aromatic carbocycles. The van der Waals surface area contributed by atoms with Gasteiger partial charge < -0.3 is 11.1 Å². The van der Waals surface area contributed by atoms with Gasteiger partial charge in [-0.3, -0.25) is 9.59 Å². The lowest BCUT2D eigenvalue weighted by atomic mass is 9.48. The van der Waals surface area contributed by atoms with Crippen molar-refractivity contribution < 1.29 is 9.59 Å². The van der Waals surface area contributed by atoms with Gasteiger partial charge in [0.15, 0.2) is 0 Å². The molecule has 1 heterocycles. The van der Waals surface area contributed by atoms with E-state index in [1.165, 1.54) is 6.42 Å². The monoisotopic (exact) mass is 316 g/mol. The number of rotatable bonds is 1. The minimum absolute atomic E-state index is 0.0561. The molecule has 3 aliphatic carbocycles. The van der Waals surface area contributed by atoms with Crippen LogP contribution < -0.4 is 11.1 Å². The normalized spacial score (nSPS) is 51.4. The van der Waals surface area contributed by atoms with Crippen molar-refractivity contribution in [3.05, 3.63) is 12.2 Å². The number of carbonyl (C=O) groups is 2. The largest absolute Gasteiger partial charge is 0.369 e. The van der Waals surface area contributed by atoms with Gasteiger partial charge in [-0.2, -0.15) is 0 Å². The Hall–Kier alpha value is -1.32. The fourth-order valence-corrected chi connectivity index (χ4v) is 6.80. The minimum atomic E-state index is -0.0989. The van der Waals surface area contributed by atoms with E-state index in [0.29, 0.717) is 17.8 Å². The van der Waals surface area contributed by atoms with Gasteiger partial charge in [-0.15, -0.1) is 0 Å². The van der Waals surface area contributed by atoms with Gasteiger partial charge in [0.2, 0.25) is 11.8 Å². The fourth-order valence-electron chi connectivity index (χ4n) is 6.80. The SMILES string of the molecule is CC12C=CC(=O)NC1CCC1C2CCC2(C)C(C(N)=O)CCC12. The van der Waals surface area contributed by atoms with Crippen LogP contribution in [0, 0.1) is 34.5 Å². The number of fused-ring (bicyclic) bond motifs is 5. The Kier molecular flexibility index (Phi) is 3.20. The number of hydrogen-bond donors (Lipinski definition) is 2. The highest BCUT2D eigenvalue weighted by Gasteiger charge is 2.60. The molecule has 0 aromatic rings. The quantitative estimate of drug-likeness (QED) is 0.779. The van der Waals surface area contributed by atoms with Gasteiger partial charge >= 0.3 is 0 Å². The average Bonchev–Trinajstić information content (AvgIpc) is 2.85. The molecule has 7 unspecified atom stereocenters. The molecule has 3 saturated carbocycles. The van der Waals surface area contributed by atoms with Gasteiger partial charge in [-0.1, -0.05) is 19.9 Å². The molecule has 0 saturated heterocycles. The lowest BCUT2D eigenvalue weighted by molar-refractivity contribution is -0.131. The summed E-state index contributed by atoms with van der Waals surface area (Å²) in [6.45, 7) is 4.64. The second-order valence-electron chi connectivity index (χ2n) is 8.79. The summed E-state index contributed by atoms with van der Waals surface area (Å²) < 4.78 is 0. The molecule has 7 atom stereocenters. The summed E-state index contributed by atoms with van der Waals surface area (Å²) in [5.41, 5.74) is 5.88. The van der Waals surface area contributed by atoms with Crippen LogP contribution in [0.3, 0.4) is 0 Å². The average molecular weight is 316 g/mol. The number of carbonyl (C=O) groups excluding carboxylic acids is 2. The molecule has 2 amide bonds. The molecule has 126 valence electrons. The minimum Gasteiger partial charge on any atom is -0.369 e. The number of nitrogens with two attached hydrogens (primary N) is 1. The Morgan fingerprint density at radius 2 is 1.96 bits per heavy atom. The van der Waals surface area contributed by atoms with E-state index < -0.39 is 0 Å². The zero-order valence-corrected chi connectivity index (χ0v) is 14.2. The Bertz CT molecular complexity index is 586. The van der Waals surface area contributed by atoms with E-state index >= 15 is 0 Å². The van der Waals surface area contributed by atoms with E-state index in [0.717, 1.165) is 32.1 Å². The van der Waals surface area contributed by atoms with Gasteiger partial charge in [-0.25, -0.2) is 0 Å². The first-order valence-electron chi connectivity index (χ1n) is 9.15. The zero-order valence-electron chi connectivity index (χ0n) is 14.2. The maximum Gasteiger partial charge on any atom is 0.243 e. The summed E-state index contributed by atoms with van der Waals surface area (Å²) in [5.74, 6) is 1.91. The summed E-state index contributed by atoms with van der Waals surface area (Å²) in [5, 5.41) is 3.19. The van der Waals surface area contributed by atoms with Gasteiger partial charge in [0.25, 0.3) is 0 Å². The lowest BCUT2D eigenvalue weighted by Crippen LogP contribution is -2.59. The standard InChI is InChI=1S/C19H28N2O2/c1-18-9-7-13-11(12(18)4-5-14(18)17(20)23)3-6-15-19(13,2)10-8-16(22)21-15/h8,10-15H,3-7,9H2,1-2H3,(H2,20,23)(H,21,22). The first-order valence-corrected chi connectivity index (χ1v) is 9.15. The van der Waals surface area contributed by atoms with Crippen molar-refractivity contribution in [2.75, 3.05) is 0 Å². The smallest absolute Gasteiger partial charge is 0.243 e. The highest BCUT2D eigenvalue weighted by molar-refractivity contribution is 5.89. The molecule has 4 nitrogen and oxygen atoms in total. The Labute approximate surface area is 138 Å².